The van der Waals surface area contributed by atoms with Gasteiger partial charge in [-0.3, -0.25) is 9.69 Å². The largest absolute Gasteiger partial charge is 0.368 e. The van der Waals surface area contributed by atoms with E-state index in [-0.39, 0.29) is 18.6 Å². The number of rotatable bonds is 6. The molecule has 1 saturated carbocycles. The van der Waals surface area contributed by atoms with Gasteiger partial charge in [-0.1, -0.05) is 36.8 Å². The van der Waals surface area contributed by atoms with Crippen LogP contribution in [-0.4, -0.2) is 61.6 Å². The van der Waals surface area contributed by atoms with Crippen LogP contribution < -0.4 is 0 Å². The fraction of sp³-hybridized carbons (Fsp3) is 0.650. The molecule has 1 amide bonds. The van der Waals surface area contributed by atoms with Crippen LogP contribution in [0.4, 0.5) is 0 Å². The minimum Gasteiger partial charge on any atom is -0.368 e. The molecule has 1 heterocycles. The van der Waals surface area contributed by atoms with Gasteiger partial charge in [-0.05, 0) is 31.2 Å². The van der Waals surface area contributed by atoms with Gasteiger partial charge in [0.1, 0.15) is 6.61 Å². The second-order valence-electron chi connectivity index (χ2n) is 7.46. The molecule has 1 aromatic carbocycles. The Morgan fingerprint density at radius 3 is 2.58 bits per heavy atom. The topological polar surface area (TPSA) is 32.8 Å². The summed E-state index contributed by atoms with van der Waals surface area (Å²) in [6.45, 7) is 2.41. The molecule has 1 aromatic rings. The van der Waals surface area contributed by atoms with Crippen LogP contribution >= 0.6 is 0 Å². The van der Waals surface area contributed by atoms with Gasteiger partial charge in [0.2, 0.25) is 5.91 Å². The van der Waals surface area contributed by atoms with Gasteiger partial charge >= 0.3 is 0 Å². The van der Waals surface area contributed by atoms with Gasteiger partial charge in [0.25, 0.3) is 0 Å². The third kappa shape index (κ3) is 4.37. The third-order valence-electron chi connectivity index (χ3n) is 5.55. The van der Waals surface area contributed by atoms with Crippen molar-refractivity contribution in [2.45, 2.75) is 44.2 Å². The highest BCUT2D eigenvalue weighted by Crippen LogP contribution is 2.31. The Bertz CT molecular complexity index is 528. The van der Waals surface area contributed by atoms with E-state index < -0.39 is 0 Å². The molecule has 0 aromatic heterocycles. The predicted molar refractivity (Wildman–Crippen MR) is 95.9 cm³/mol. The van der Waals surface area contributed by atoms with Crippen molar-refractivity contribution in [2.75, 3.05) is 33.8 Å². The molecule has 4 heteroatoms. The molecule has 2 fully saturated rings. The number of amides is 1. The molecule has 3 rings (SSSR count). The maximum absolute atomic E-state index is 11.9. The number of hydrogen-bond donors (Lipinski definition) is 0. The summed E-state index contributed by atoms with van der Waals surface area (Å²) in [5.41, 5.74) is 1.37. The second kappa shape index (κ2) is 8.13. The monoisotopic (exact) mass is 330 g/mol. The molecule has 0 unspecified atom stereocenters. The highest BCUT2D eigenvalue weighted by atomic mass is 16.5. The fourth-order valence-electron chi connectivity index (χ4n) is 3.76. The van der Waals surface area contributed by atoms with Crippen molar-refractivity contribution in [1.82, 2.24) is 9.80 Å². The summed E-state index contributed by atoms with van der Waals surface area (Å²) in [5, 5.41) is 0. The Balaban J connectivity index is 1.62. The first-order valence-electron chi connectivity index (χ1n) is 9.23. The Labute approximate surface area is 145 Å². The summed E-state index contributed by atoms with van der Waals surface area (Å²) in [6.07, 6.45) is 6.33. The van der Waals surface area contributed by atoms with Crippen molar-refractivity contribution in [1.29, 1.82) is 0 Å². The first kappa shape index (κ1) is 17.4. The van der Waals surface area contributed by atoms with Crippen LogP contribution in [0, 0.1) is 5.92 Å². The lowest BCUT2D eigenvalue weighted by atomic mass is 9.84. The van der Waals surface area contributed by atoms with Crippen molar-refractivity contribution in [3.63, 3.8) is 0 Å². The molecule has 1 aliphatic carbocycles. The van der Waals surface area contributed by atoms with Crippen LogP contribution in [0.2, 0.25) is 0 Å². The molecule has 0 radical (unpaired) electrons. The molecular weight excluding hydrogens is 300 g/mol. The predicted octanol–water partition coefficient (Wildman–Crippen LogP) is 2.58. The maximum atomic E-state index is 11.9. The van der Waals surface area contributed by atoms with E-state index in [1.807, 2.05) is 0 Å². The van der Waals surface area contributed by atoms with Gasteiger partial charge in [-0.15, -0.1) is 0 Å². The number of carbonyl (C=O) groups excluding carboxylic acids is 1. The average molecular weight is 330 g/mol. The summed E-state index contributed by atoms with van der Waals surface area (Å²) >= 11 is 0. The number of likely N-dealkylation sites (tertiary alicyclic amines) is 1. The highest BCUT2D eigenvalue weighted by Gasteiger charge is 2.35. The number of likely N-dealkylation sites (N-methyl/N-ethyl adjacent to an activating group) is 1. The standard InChI is InChI=1S/C20H30N2O2/c1-21(2)20(23)15-24-19-11-12-22(18-9-6-10-18)14-17(19)13-16-7-4-3-5-8-16/h3-5,7-8,17-19H,6,9-15H2,1-2H3/t17-,19-/m1/s1. The number of ether oxygens (including phenoxy) is 1. The minimum atomic E-state index is 0.0508. The van der Waals surface area contributed by atoms with Crippen LogP contribution in [0.5, 0.6) is 0 Å². The zero-order valence-corrected chi connectivity index (χ0v) is 15.0. The number of nitrogens with zero attached hydrogens (tertiary/aromatic N) is 2. The summed E-state index contributed by atoms with van der Waals surface area (Å²) in [6, 6.07) is 11.5. The molecule has 1 saturated heterocycles. The number of piperidine rings is 1. The highest BCUT2D eigenvalue weighted by molar-refractivity contribution is 5.76. The first-order valence-corrected chi connectivity index (χ1v) is 9.23. The van der Waals surface area contributed by atoms with Crippen molar-refractivity contribution in [3.05, 3.63) is 35.9 Å². The molecule has 24 heavy (non-hydrogen) atoms. The van der Waals surface area contributed by atoms with Gasteiger partial charge < -0.3 is 9.64 Å². The van der Waals surface area contributed by atoms with Crippen LogP contribution in [0.25, 0.3) is 0 Å². The number of hydrogen-bond acceptors (Lipinski definition) is 3. The zero-order chi connectivity index (χ0) is 16.9. The second-order valence-corrected chi connectivity index (χ2v) is 7.46. The van der Waals surface area contributed by atoms with Crippen molar-refractivity contribution < 1.29 is 9.53 Å². The molecule has 1 aliphatic heterocycles. The van der Waals surface area contributed by atoms with Gasteiger partial charge in [-0.2, -0.15) is 0 Å². The smallest absolute Gasteiger partial charge is 0.248 e. The SMILES string of the molecule is CN(C)C(=O)CO[C@@H]1CCN(C2CCC2)C[C@H]1Cc1ccccc1. The molecule has 0 spiro atoms. The van der Waals surface area contributed by atoms with E-state index in [4.69, 9.17) is 4.74 Å². The van der Waals surface area contributed by atoms with E-state index in [1.54, 1.807) is 19.0 Å². The first-order chi connectivity index (χ1) is 11.6. The number of carbonyl (C=O) groups is 1. The molecule has 2 aliphatic rings. The average Bonchev–Trinajstić information content (AvgIpc) is 2.53. The molecule has 0 N–H and O–H groups in total. The Morgan fingerprint density at radius 1 is 1.21 bits per heavy atom. The fourth-order valence-corrected chi connectivity index (χ4v) is 3.76. The molecule has 132 valence electrons. The maximum Gasteiger partial charge on any atom is 0.248 e. The Kier molecular flexibility index (Phi) is 5.90. The van der Waals surface area contributed by atoms with Crippen LogP contribution in [0.3, 0.4) is 0 Å². The van der Waals surface area contributed by atoms with Crippen LogP contribution in [0.1, 0.15) is 31.2 Å². The molecule has 4 nitrogen and oxygen atoms in total. The van der Waals surface area contributed by atoms with E-state index in [0.717, 1.165) is 32.0 Å². The lowest BCUT2D eigenvalue weighted by Crippen LogP contribution is -2.51. The summed E-state index contributed by atoms with van der Waals surface area (Å²) in [5.74, 6) is 0.520. The van der Waals surface area contributed by atoms with E-state index >= 15 is 0 Å². The van der Waals surface area contributed by atoms with Crippen LogP contribution in [0.15, 0.2) is 30.3 Å². The normalized spacial score (nSPS) is 25.2. The summed E-state index contributed by atoms with van der Waals surface area (Å²) in [4.78, 5) is 16.1. The molecular formula is C20H30N2O2. The van der Waals surface area contributed by atoms with E-state index in [1.165, 1.54) is 24.8 Å². The van der Waals surface area contributed by atoms with Crippen LogP contribution in [-0.2, 0) is 16.0 Å². The van der Waals surface area contributed by atoms with E-state index in [9.17, 15) is 4.79 Å². The van der Waals surface area contributed by atoms with Crippen molar-refractivity contribution in [2.24, 2.45) is 5.92 Å². The third-order valence-corrected chi connectivity index (χ3v) is 5.55. The Morgan fingerprint density at radius 2 is 1.96 bits per heavy atom. The van der Waals surface area contributed by atoms with E-state index in [2.05, 4.69) is 35.2 Å². The van der Waals surface area contributed by atoms with Gasteiger partial charge in [0.05, 0.1) is 6.10 Å². The van der Waals surface area contributed by atoms with Gasteiger partial charge in [0.15, 0.2) is 0 Å². The van der Waals surface area contributed by atoms with E-state index in [0.29, 0.717) is 5.92 Å². The zero-order valence-electron chi connectivity index (χ0n) is 15.0. The Hall–Kier alpha value is -1.39. The quantitative estimate of drug-likeness (QED) is 0.804. The van der Waals surface area contributed by atoms with Crippen molar-refractivity contribution in [3.8, 4) is 0 Å². The lowest BCUT2D eigenvalue weighted by Gasteiger charge is -2.45. The minimum absolute atomic E-state index is 0.0508. The lowest BCUT2D eigenvalue weighted by molar-refractivity contribution is -0.139. The van der Waals surface area contributed by atoms with Gasteiger partial charge in [0, 0.05) is 39.1 Å². The molecule has 2 atom stereocenters. The van der Waals surface area contributed by atoms with Crippen molar-refractivity contribution >= 4 is 5.91 Å². The summed E-state index contributed by atoms with van der Waals surface area (Å²) < 4.78 is 6.05. The molecule has 0 bridgehead atoms. The number of benzene rings is 1. The summed E-state index contributed by atoms with van der Waals surface area (Å²) in [7, 11) is 3.57. The van der Waals surface area contributed by atoms with Gasteiger partial charge in [-0.25, -0.2) is 0 Å².